The fraction of sp³-hybridized carbons (Fsp3) is 0.750. The van der Waals surface area contributed by atoms with Crippen molar-refractivity contribution < 1.29 is 4.79 Å². The number of piperazine rings is 1. The van der Waals surface area contributed by atoms with Crippen molar-refractivity contribution in [3.8, 4) is 0 Å². The lowest BCUT2D eigenvalue weighted by Gasteiger charge is -2.43. The molecule has 6 heteroatoms. The maximum atomic E-state index is 11.9. The van der Waals surface area contributed by atoms with Crippen LogP contribution in [-0.4, -0.2) is 47.3 Å². The first kappa shape index (κ1) is 10.8. The summed E-state index contributed by atoms with van der Waals surface area (Å²) in [6, 6.07) is 0. The minimum Gasteiger partial charge on any atom is -0.368 e. The first-order valence-corrected chi connectivity index (χ1v) is 4.48. The van der Waals surface area contributed by atoms with E-state index >= 15 is 0 Å². The number of nitrogens with two attached hydrogens (primary N) is 2. The molecule has 6 nitrogen and oxygen atoms in total. The SMILES string of the molecule is CN1CCN(/C(N)=N/N)C(=O)C1(C)C. The normalized spacial score (nSPS) is 24.1. The van der Waals surface area contributed by atoms with Gasteiger partial charge in [0.25, 0.3) is 0 Å². The van der Waals surface area contributed by atoms with E-state index in [0.29, 0.717) is 6.54 Å². The van der Waals surface area contributed by atoms with Gasteiger partial charge in [0.2, 0.25) is 11.9 Å². The van der Waals surface area contributed by atoms with Gasteiger partial charge in [-0.1, -0.05) is 0 Å². The van der Waals surface area contributed by atoms with Crippen molar-refractivity contribution in [3.63, 3.8) is 0 Å². The molecule has 0 aromatic rings. The van der Waals surface area contributed by atoms with Gasteiger partial charge in [0.1, 0.15) is 0 Å². The summed E-state index contributed by atoms with van der Waals surface area (Å²) < 4.78 is 0. The Morgan fingerprint density at radius 3 is 2.57 bits per heavy atom. The van der Waals surface area contributed by atoms with Gasteiger partial charge in [0, 0.05) is 13.1 Å². The summed E-state index contributed by atoms with van der Waals surface area (Å²) in [6.07, 6.45) is 0. The van der Waals surface area contributed by atoms with Gasteiger partial charge in [-0.3, -0.25) is 14.6 Å². The molecule has 1 rings (SSSR count). The van der Waals surface area contributed by atoms with Gasteiger partial charge in [0.15, 0.2) is 0 Å². The van der Waals surface area contributed by atoms with E-state index in [1.54, 1.807) is 0 Å². The highest BCUT2D eigenvalue weighted by Crippen LogP contribution is 2.19. The molecule has 0 saturated carbocycles. The molecule has 0 bridgehead atoms. The highest BCUT2D eigenvalue weighted by atomic mass is 16.2. The Bertz CT molecular complexity index is 273. The number of amides is 1. The molecule has 14 heavy (non-hydrogen) atoms. The van der Waals surface area contributed by atoms with Crippen LogP contribution in [0.5, 0.6) is 0 Å². The van der Waals surface area contributed by atoms with E-state index < -0.39 is 5.54 Å². The Labute approximate surface area is 83.5 Å². The summed E-state index contributed by atoms with van der Waals surface area (Å²) >= 11 is 0. The number of likely N-dealkylation sites (N-methyl/N-ethyl adjacent to an activating group) is 1. The van der Waals surface area contributed by atoms with Gasteiger partial charge >= 0.3 is 0 Å². The fourth-order valence-electron chi connectivity index (χ4n) is 1.41. The van der Waals surface area contributed by atoms with E-state index in [-0.39, 0.29) is 11.9 Å². The van der Waals surface area contributed by atoms with Crippen LogP contribution in [0.4, 0.5) is 0 Å². The molecule has 1 aliphatic rings. The summed E-state index contributed by atoms with van der Waals surface area (Å²) in [5, 5.41) is 3.33. The van der Waals surface area contributed by atoms with Gasteiger partial charge in [-0.25, -0.2) is 0 Å². The molecule has 4 N–H and O–H groups in total. The molecule has 80 valence electrons. The number of hydrogen-bond acceptors (Lipinski definition) is 4. The van der Waals surface area contributed by atoms with Gasteiger partial charge in [0.05, 0.1) is 5.54 Å². The average Bonchev–Trinajstić information content (AvgIpc) is 2.14. The summed E-state index contributed by atoms with van der Waals surface area (Å²) in [5.41, 5.74) is 4.97. The second-order valence-corrected chi connectivity index (χ2v) is 3.92. The molecule has 0 unspecified atom stereocenters. The molecule has 0 aromatic carbocycles. The first-order valence-electron chi connectivity index (χ1n) is 4.48. The van der Waals surface area contributed by atoms with Crippen molar-refractivity contribution >= 4 is 11.9 Å². The Balaban J connectivity index is 2.91. The lowest BCUT2D eigenvalue weighted by molar-refractivity contribution is -0.142. The maximum Gasteiger partial charge on any atom is 0.249 e. The number of hydrazone groups is 1. The third-order valence-electron chi connectivity index (χ3n) is 2.79. The molecule has 0 radical (unpaired) electrons. The van der Waals surface area contributed by atoms with E-state index in [1.807, 2.05) is 25.8 Å². The summed E-state index contributed by atoms with van der Waals surface area (Å²) in [6.45, 7) is 5.00. The number of carbonyl (C=O) groups is 1. The van der Waals surface area contributed by atoms with E-state index in [4.69, 9.17) is 11.6 Å². The smallest absolute Gasteiger partial charge is 0.249 e. The van der Waals surface area contributed by atoms with Crippen molar-refractivity contribution in [2.24, 2.45) is 16.7 Å². The minimum atomic E-state index is -0.548. The van der Waals surface area contributed by atoms with Crippen LogP contribution in [0.3, 0.4) is 0 Å². The van der Waals surface area contributed by atoms with Crippen molar-refractivity contribution in [3.05, 3.63) is 0 Å². The maximum absolute atomic E-state index is 11.9. The van der Waals surface area contributed by atoms with Crippen LogP contribution in [0.25, 0.3) is 0 Å². The van der Waals surface area contributed by atoms with Crippen LogP contribution in [-0.2, 0) is 4.79 Å². The minimum absolute atomic E-state index is 0.0713. The second kappa shape index (κ2) is 3.45. The summed E-state index contributed by atoms with van der Waals surface area (Å²) in [4.78, 5) is 15.3. The monoisotopic (exact) mass is 199 g/mol. The predicted octanol–water partition coefficient (Wildman–Crippen LogP) is -1.27. The Morgan fingerprint density at radius 1 is 1.50 bits per heavy atom. The first-order chi connectivity index (χ1) is 6.41. The van der Waals surface area contributed by atoms with Gasteiger partial charge in [-0.05, 0) is 20.9 Å². The average molecular weight is 199 g/mol. The predicted molar refractivity (Wildman–Crippen MR) is 54.2 cm³/mol. The van der Waals surface area contributed by atoms with E-state index in [2.05, 4.69) is 5.10 Å². The van der Waals surface area contributed by atoms with Gasteiger partial charge < -0.3 is 11.6 Å². The lowest BCUT2D eigenvalue weighted by atomic mass is 9.99. The third kappa shape index (κ3) is 1.52. The van der Waals surface area contributed by atoms with Crippen LogP contribution >= 0.6 is 0 Å². The van der Waals surface area contributed by atoms with Gasteiger partial charge in [-0.15, -0.1) is 5.10 Å². The Hall–Kier alpha value is -1.30. The number of carbonyl (C=O) groups excluding carboxylic acids is 1. The van der Waals surface area contributed by atoms with E-state index in [1.165, 1.54) is 4.90 Å². The Morgan fingerprint density at radius 2 is 2.07 bits per heavy atom. The third-order valence-corrected chi connectivity index (χ3v) is 2.79. The highest BCUT2D eigenvalue weighted by Gasteiger charge is 2.40. The topological polar surface area (TPSA) is 87.9 Å². The molecule has 0 spiro atoms. The quantitative estimate of drug-likeness (QED) is 0.220. The number of nitrogens with zero attached hydrogens (tertiary/aromatic N) is 3. The van der Waals surface area contributed by atoms with Crippen LogP contribution in [0, 0.1) is 0 Å². The molecule has 0 aliphatic carbocycles. The van der Waals surface area contributed by atoms with E-state index in [0.717, 1.165) is 6.54 Å². The molecule has 1 saturated heterocycles. The van der Waals surface area contributed by atoms with Gasteiger partial charge in [-0.2, -0.15) is 0 Å². The second-order valence-electron chi connectivity index (χ2n) is 3.92. The van der Waals surface area contributed by atoms with Crippen LogP contribution < -0.4 is 11.6 Å². The summed E-state index contributed by atoms with van der Waals surface area (Å²) in [7, 11) is 1.91. The zero-order chi connectivity index (χ0) is 10.9. The standard InChI is InChI=1S/C8H17N5O/c1-8(2)6(14)13(7(9)11-10)5-4-12(8)3/h4-5,10H2,1-3H3,(H2,9,11). The van der Waals surface area contributed by atoms with Crippen LogP contribution in [0.1, 0.15) is 13.8 Å². The molecular formula is C8H17N5O. The zero-order valence-corrected chi connectivity index (χ0v) is 8.82. The molecular weight excluding hydrogens is 182 g/mol. The number of guanidine groups is 1. The molecule has 1 fully saturated rings. The van der Waals surface area contributed by atoms with Crippen LogP contribution in [0.2, 0.25) is 0 Å². The van der Waals surface area contributed by atoms with Crippen LogP contribution in [0.15, 0.2) is 5.10 Å². The van der Waals surface area contributed by atoms with E-state index in [9.17, 15) is 4.79 Å². The number of rotatable bonds is 0. The van der Waals surface area contributed by atoms with Crippen molar-refractivity contribution in [2.75, 3.05) is 20.1 Å². The van der Waals surface area contributed by atoms with Crippen molar-refractivity contribution in [1.82, 2.24) is 9.80 Å². The number of hydrogen-bond donors (Lipinski definition) is 2. The summed E-state index contributed by atoms with van der Waals surface area (Å²) in [5.74, 6) is 5.05. The molecule has 1 amide bonds. The molecule has 0 atom stereocenters. The highest BCUT2D eigenvalue weighted by molar-refractivity contribution is 6.00. The Kier molecular flexibility index (Phi) is 2.66. The lowest BCUT2D eigenvalue weighted by Crippen LogP contribution is -2.64. The zero-order valence-electron chi connectivity index (χ0n) is 8.82. The fourth-order valence-corrected chi connectivity index (χ4v) is 1.41. The van der Waals surface area contributed by atoms with Crippen molar-refractivity contribution in [2.45, 2.75) is 19.4 Å². The molecule has 1 heterocycles. The molecule has 0 aromatic heterocycles. The molecule has 1 aliphatic heterocycles. The largest absolute Gasteiger partial charge is 0.368 e. The van der Waals surface area contributed by atoms with Crippen molar-refractivity contribution in [1.29, 1.82) is 0 Å².